The zero-order valence-corrected chi connectivity index (χ0v) is 14.7. The maximum atomic E-state index is 13.1. The van der Waals surface area contributed by atoms with Crippen molar-refractivity contribution in [1.82, 2.24) is 0 Å². The summed E-state index contributed by atoms with van der Waals surface area (Å²) in [6, 6.07) is 11.9. The number of fused-ring (bicyclic) bond motifs is 2. The number of anilines is 1. The number of nitrogens with zero attached hydrogens (tertiary/aromatic N) is 2. The third-order valence-corrected chi connectivity index (χ3v) is 4.99. The van der Waals surface area contributed by atoms with Gasteiger partial charge in [0.15, 0.2) is 11.5 Å². The van der Waals surface area contributed by atoms with Crippen LogP contribution in [0.15, 0.2) is 47.6 Å². The molecule has 0 spiro atoms. The minimum Gasteiger partial charge on any atom is -0.486 e. The fourth-order valence-corrected chi connectivity index (χ4v) is 3.59. The first-order valence-electron chi connectivity index (χ1n) is 8.40. The molecule has 0 bridgehead atoms. The predicted molar refractivity (Wildman–Crippen MR) is 96.3 cm³/mol. The zero-order chi connectivity index (χ0) is 18.5. The highest BCUT2D eigenvalue weighted by Gasteiger charge is 2.56. The van der Waals surface area contributed by atoms with Crippen molar-refractivity contribution >= 4 is 34.8 Å². The van der Waals surface area contributed by atoms with Gasteiger partial charge in [-0.2, -0.15) is 0 Å². The lowest BCUT2D eigenvalue weighted by atomic mass is 9.94. The van der Waals surface area contributed by atoms with Crippen molar-refractivity contribution in [3.05, 3.63) is 53.1 Å². The minimum absolute atomic E-state index is 0.382. The number of oxime groups is 1. The van der Waals surface area contributed by atoms with E-state index in [1.807, 2.05) is 0 Å². The summed E-state index contributed by atoms with van der Waals surface area (Å²) in [5, 5.41) is 4.55. The molecule has 8 heteroatoms. The second-order valence-corrected chi connectivity index (χ2v) is 6.76. The van der Waals surface area contributed by atoms with Crippen LogP contribution in [-0.2, 0) is 14.4 Å². The molecule has 136 valence electrons. The van der Waals surface area contributed by atoms with E-state index in [0.29, 0.717) is 46.7 Å². The highest BCUT2D eigenvalue weighted by molar-refractivity contribution is 6.33. The van der Waals surface area contributed by atoms with E-state index in [2.05, 4.69) is 5.16 Å². The maximum Gasteiger partial charge on any atom is 0.278 e. The predicted octanol–water partition coefficient (Wildman–Crippen LogP) is 2.40. The summed E-state index contributed by atoms with van der Waals surface area (Å²) in [6.07, 6.45) is -0.962. The quantitative estimate of drug-likeness (QED) is 0.743. The number of carbonyl (C=O) groups excluding carboxylic acids is 2. The van der Waals surface area contributed by atoms with Crippen molar-refractivity contribution < 1.29 is 23.9 Å². The van der Waals surface area contributed by atoms with Gasteiger partial charge in [0, 0.05) is 16.7 Å². The largest absolute Gasteiger partial charge is 0.486 e. The molecule has 1 fully saturated rings. The molecule has 2 atom stereocenters. The molecule has 7 nitrogen and oxygen atoms in total. The Hall–Kier alpha value is -3.06. The normalized spacial score (nSPS) is 23.1. The summed E-state index contributed by atoms with van der Waals surface area (Å²) in [5.41, 5.74) is 1.54. The van der Waals surface area contributed by atoms with Crippen LogP contribution in [0.5, 0.6) is 11.5 Å². The van der Waals surface area contributed by atoms with Gasteiger partial charge in [0.2, 0.25) is 12.0 Å². The molecule has 3 aliphatic rings. The standard InChI is InChI=1S/C19H13ClN2O5/c20-11-3-1-10(2-4-11)16-15-17(27-21-16)19(24)22(18(15)23)12-5-6-13-14(9-12)26-8-7-25-13/h1-6,9,15,17H,7-8H2/t15-,17+/m0/s1. The summed E-state index contributed by atoms with van der Waals surface area (Å²) in [4.78, 5) is 32.3. The molecule has 2 aromatic carbocycles. The number of rotatable bonds is 2. The Kier molecular flexibility index (Phi) is 3.58. The summed E-state index contributed by atoms with van der Waals surface area (Å²) in [5.74, 6) is -0.526. The Morgan fingerprint density at radius 2 is 1.70 bits per heavy atom. The Morgan fingerprint density at radius 1 is 0.963 bits per heavy atom. The van der Waals surface area contributed by atoms with Gasteiger partial charge in [-0.3, -0.25) is 9.59 Å². The molecule has 0 aliphatic carbocycles. The molecule has 0 radical (unpaired) electrons. The van der Waals surface area contributed by atoms with Gasteiger partial charge < -0.3 is 14.3 Å². The Bertz CT molecular complexity index is 988. The van der Waals surface area contributed by atoms with Gasteiger partial charge in [0.1, 0.15) is 24.8 Å². The number of hydrogen-bond donors (Lipinski definition) is 0. The fraction of sp³-hybridized carbons (Fsp3) is 0.211. The highest BCUT2D eigenvalue weighted by atomic mass is 35.5. The van der Waals surface area contributed by atoms with Crippen LogP contribution < -0.4 is 14.4 Å². The average Bonchev–Trinajstić information content (AvgIpc) is 3.23. The number of ether oxygens (including phenoxy) is 2. The van der Waals surface area contributed by atoms with Crippen LogP contribution in [0.2, 0.25) is 5.02 Å². The summed E-state index contributed by atoms with van der Waals surface area (Å²) in [6.45, 7) is 0.882. The van der Waals surface area contributed by atoms with Gasteiger partial charge in [0.25, 0.3) is 5.91 Å². The second-order valence-electron chi connectivity index (χ2n) is 6.33. The van der Waals surface area contributed by atoms with E-state index in [-0.39, 0.29) is 5.91 Å². The smallest absolute Gasteiger partial charge is 0.278 e. The van der Waals surface area contributed by atoms with E-state index in [4.69, 9.17) is 25.9 Å². The van der Waals surface area contributed by atoms with Crippen LogP contribution in [-0.4, -0.2) is 36.8 Å². The Balaban J connectivity index is 1.49. The maximum absolute atomic E-state index is 13.1. The summed E-state index contributed by atoms with van der Waals surface area (Å²) < 4.78 is 11.0. The van der Waals surface area contributed by atoms with E-state index >= 15 is 0 Å². The molecule has 5 rings (SSSR count). The topological polar surface area (TPSA) is 77.4 Å². The first-order valence-corrected chi connectivity index (χ1v) is 8.78. The lowest BCUT2D eigenvalue weighted by molar-refractivity contribution is -0.126. The van der Waals surface area contributed by atoms with Crippen LogP contribution in [0, 0.1) is 5.92 Å². The van der Waals surface area contributed by atoms with Crippen molar-refractivity contribution in [2.45, 2.75) is 6.10 Å². The Morgan fingerprint density at radius 3 is 2.48 bits per heavy atom. The number of carbonyl (C=O) groups is 2. The summed E-state index contributed by atoms with van der Waals surface area (Å²) >= 11 is 5.92. The minimum atomic E-state index is -0.962. The number of hydrogen-bond acceptors (Lipinski definition) is 6. The first-order chi connectivity index (χ1) is 13.1. The van der Waals surface area contributed by atoms with Gasteiger partial charge in [-0.15, -0.1) is 0 Å². The van der Waals surface area contributed by atoms with Gasteiger partial charge in [-0.05, 0) is 24.3 Å². The van der Waals surface area contributed by atoms with Crippen LogP contribution in [0.3, 0.4) is 0 Å². The number of halogens is 1. The van der Waals surface area contributed by atoms with Crippen LogP contribution in [0.1, 0.15) is 5.56 Å². The molecule has 27 heavy (non-hydrogen) atoms. The SMILES string of the molecule is O=C1[C@H]2C(c3ccc(Cl)cc3)=NO[C@H]2C(=O)N1c1ccc2c(c1)OCCO2. The molecular weight excluding hydrogens is 372 g/mol. The number of amides is 2. The van der Waals surface area contributed by atoms with E-state index < -0.39 is 17.9 Å². The van der Waals surface area contributed by atoms with Crippen LogP contribution in [0.25, 0.3) is 0 Å². The van der Waals surface area contributed by atoms with Gasteiger partial charge >= 0.3 is 0 Å². The molecule has 0 saturated carbocycles. The molecule has 0 N–H and O–H groups in total. The van der Waals surface area contributed by atoms with E-state index in [1.54, 1.807) is 42.5 Å². The third kappa shape index (κ3) is 2.46. The van der Waals surface area contributed by atoms with Crippen LogP contribution >= 0.6 is 11.6 Å². The van der Waals surface area contributed by atoms with E-state index in [1.165, 1.54) is 0 Å². The number of benzene rings is 2. The van der Waals surface area contributed by atoms with E-state index in [9.17, 15) is 9.59 Å². The zero-order valence-electron chi connectivity index (χ0n) is 13.9. The first kappa shape index (κ1) is 16.1. The summed E-state index contributed by atoms with van der Waals surface area (Å²) in [7, 11) is 0. The third-order valence-electron chi connectivity index (χ3n) is 4.74. The van der Waals surface area contributed by atoms with Crippen LogP contribution in [0.4, 0.5) is 5.69 Å². The lowest BCUT2D eigenvalue weighted by Crippen LogP contribution is -2.33. The Labute approximate surface area is 159 Å². The van der Waals surface area contributed by atoms with Crippen molar-refractivity contribution in [2.24, 2.45) is 11.1 Å². The van der Waals surface area contributed by atoms with Crippen molar-refractivity contribution in [3.63, 3.8) is 0 Å². The van der Waals surface area contributed by atoms with Crippen molar-refractivity contribution in [3.8, 4) is 11.5 Å². The number of imide groups is 1. The van der Waals surface area contributed by atoms with Gasteiger partial charge in [-0.25, -0.2) is 4.90 Å². The molecule has 0 aromatic heterocycles. The molecular formula is C19H13ClN2O5. The fourth-order valence-electron chi connectivity index (χ4n) is 3.46. The molecule has 3 aliphatic heterocycles. The average molecular weight is 385 g/mol. The monoisotopic (exact) mass is 384 g/mol. The van der Waals surface area contributed by atoms with Gasteiger partial charge in [0.05, 0.1) is 5.69 Å². The molecule has 0 unspecified atom stereocenters. The lowest BCUT2D eigenvalue weighted by Gasteiger charge is -2.21. The van der Waals surface area contributed by atoms with Crippen molar-refractivity contribution in [2.75, 3.05) is 18.1 Å². The molecule has 1 saturated heterocycles. The second kappa shape index (κ2) is 5.99. The van der Waals surface area contributed by atoms with Gasteiger partial charge in [-0.1, -0.05) is 28.9 Å². The molecule has 2 amide bonds. The molecule has 2 aromatic rings. The van der Waals surface area contributed by atoms with E-state index in [0.717, 1.165) is 4.90 Å². The highest BCUT2D eigenvalue weighted by Crippen LogP contribution is 2.39. The molecule has 3 heterocycles. The van der Waals surface area contributed by atoms with Crippen molar-refractivity contribution in [1.29, 1.82) is 0 Å².